The van der Waals surface area contributed by atoms with E-state index in [1.54, 1.807) is 18.7 Å². The summed E-state index contributed by atoms with van der Waals surface area (Å²) >= 11 is 0. The molecule has 0 saturated heterocycles. The number of benzene rings is 2. The second kappa shape index (κ2) is 10.3. The summed E-state index contributed by atoms with van der Waals surface area (Å²) in [7, 11) is 0. The molecule has 9 heteroatoms. The molecular formula is C27H27N7O2. The van der Waals surface area contributed by atoms with E-state index in [0.717, 1.165) is 39.3 Å². The predicted octanol–water partition coefficient (Wildman–Crippen LogP) is 5.02. The van der Waals surface area contributed by atoms with E-state index in [4.69, 9.17) is 14.9 Å². The van der Waals surface area contributed by atoms with Crippen LogP contribution in [0.3, 0.4) is 0 Å². The number of hydrogen-bond acceptors (Lipinski definition) is 9. The molecule has 0 bridgehead atoms. The third kappa shape index (κ3) is 5.20. The van der Waals surface area contributed by atoms with Crippen molar-refractivity contribution in [1.82, 2.24) is 19.9 Å². The van der Waals surface area contributed by atoms with Gasteiger partial charge in [0, 0.05) is 30.7 Å². The first-order chi connectivity index (χ1) is 17.6. The van der Waals surface area contributed by atoms with Gasteiger partial charge in [0.2, 0.25) is 5.89 Å². The fourth-order valence-electron chi connectivity index (χ4n) is 4.10. The van der Waals surface area contributed by atoms with Gasteiger partial charge in [-0.15, -0.1) is 0 Å². The lowest BCUT2D eigenvalue weighted by Crippen LogP contribution is -2.08. The standard InChI is InChI=1S/C27H27N7O2/c1-17-11-22-21(7-8-30-27(22)28)18(2)23(17)14-32-25-12-24(33-16-34-25)31-13-19-3-5-20(6-4-19)36-15-26-29-9-10-35-26/h3-12,16H,13-15H2,1-2H3,(H2,28,30)(H2,31,32,33,34). The molecule has 0 fully saturated rings. The summed E-state index contributed by atoms with van der Waals surface area (Å²) in [5, 5.41) is 8.87. The zero-order chi connectivity index (χ0) is 24.9. The highest BCUT2D eigenvalue weighted by molar-refractivity contribution is 5.94. The smallest absolute Gasteiger partial charge is 0.232 e. The molecule has 0 amide bonds. The highest BCUT2D eigenvalue weighted by Crippen LogP contribution is 2.28. The van der Waals surface area contributed by atoms with E-state index in [1.165, 1.54) is 17.4 Å². The van der Waals surface area contributed by atoms with Crippen LogP contribution in [0.1, 0.15) is 28.1 Å². The number of nitrogen functional groups attached to an aromatic ring is 1. The first kappa shape index (κ1) is 23.1. The Morgan fingerprint density at radius 3 is 2.39 bits per heavy atom. The first-order valence-corrected chi connectivity index (χ1v) is 11.6. The zero-order valence-corrected chi connectivity index (χ0v) is 20.2. The van der Waals surface area contributed by atoms with Gasteiger partial charge in [-0.1, -0.05) is 12.1 Å². The van der Waals surface area contributed by atoms with Gasteiger partial charge in [-0.05, 0) is 65.8 Å². The van der Waals surface area contributed by atoms with Gasteiger partial charge in [0.15, 0.2) is 6.61 Å². The topological polar surface area (TPSA) is 124 Å². The number of pyridine rings is 1. The quantitative estimate of drug-likeness (QED) is 0.266. The van der Waals surface area contributed by atoms with Gasteiger partial charge in [-0.25, -0.2) is 19.9 Å². The van der Waals surface area contributed by atoms with Crippen LogP contribution < -0.4 is 21.1 Å². The zero-order valence-electron chi connectivity index (χ0n) is 20.2. The number of anilines is 3. The Morgan fingerprint density at radius 1 is 0.861 bits per heavy atom. The van der Waals surface area contributed by atoms with Crippen LogP contribution in [-0.4, -0.2) is 19.9 Å². The van der Waals surface area contributed by atoms with Gasteiger partial charge in [0.05, 0.1) is 6.20 Å². The lowest BCUT2D eigenvalue weighted by atomic mass is 9.96. The van der Waals surface area contributed by atoms with E-state index in [2.05, 4.69) is 50.5 Å². The van der Waals surface area contributed by atoms with Crippen molar-refractivity contribution in [2.24, 2.45) is 0 Å². The fourth-order valence-corrected chi connectivity index (χ4v) is 4.10. The molecule has 5 rings (SSSR count). The lowest BCUT2D eigenvalue weighted by molar-refractivity contribution is 0.263. The van der Waals surface area contributed by atoms with Crippen molar-refractivity contribution in [3.05, 3.63) is 95.6 Å². The molecule has 36 heavy (non-hydrogen) atoms. The van der Waals surface area contributed by atoms with Gasteiger partial charge >= 0.3 is 0 Å². The van der Waals surface area contributed by atoms with E-state index in [0.29, 0.717) is 31.4 Å². The summed E-state index contributed by atoms with van der Waals surface area (Å²) in [5.41, 5.74) is 10.7. The van der Waals surface area contributed by atoms with Crippen LogP contribution in [-0.2, 0) is 19.7 Å². The fraction of sp³-hybridized carbons (Fsp3) is 0.185. The largest absolute Gasteiger partial charge is 0.484 e. The Morgan fingerprint density at radius 2 is 1.64 bits per heavy atom. The van der Waals surface area contributed by atoms with Gasteiger partial charge in [-0.3, -0.25) is 0 Å². The molecule has 3 aromatic heterocycles. The molecule has 0 atom stereocenters. The maximum Gasteiger partial charge on any atom is 0.232 e. The number of rotatable bonds is 9. The molecule has 4 N–H and O–H groups in total. The molecule has 0 saturated carbocycles. The molecule has 9 nitrogen and oxygen atoms in total. The van der Waals surface area contributed by atoms with E-state index >= 15 is 0 Å². The summed E-state index contributed by atoms with van der Waals surface area (Å²) in [6.07, 6.45) is 6.43. The molecule has 0 radical (unpaired) electrons. The van der Waals surface area contributed by atoms with Crippen molar-refractivity contribution >= 4 is 28.2 Å². The SMILES string of the molecule is Cc1cc2c(N)nccc2c(C)c1CNc1cc(NCc2ccc(OCc3ncco3)cc2)ncn1. The second-order valence-electron chi connectivity index (χ2n) is 8.44. The molecule has 0 aliphatic carbocycles. The number of aryl methyl sites for hydroxylation is 2. The van der Waals surface area contributed by atoms with Crippen molar-refractivity contribution in [3.8, 4) is 5.75 Å². The lowest BCUT2D eigenvalue weighted by Gasteiger charge is -2.15. The number of hydrogen-bond donors (Lipinski definition) is 3. The van der Waals surface area contributed by atoms with Crippen molar-refractivity contribution < 1.29 is 9.15 Å². The van der Waals surface area contributed by atoms with Crippen molar-refractivity contribution in [1.29, 1.82) is 0 Å². The maximum atomic E-state index is 6.07. The summed E-state index contributed by atoms with van der Waals surface area (Å²) in [4.78, 5) is 17.0. The molecular weight excluding hydrogens is 454 g/mol. The number of ether oxygens (including phenoxy) is 1. The van der Waals surface area contributed by atoms with Crippen LogP contribution in [0, 0.1) is 13.8 Å². The van der Waals surface area contributed by atoms with Crippen LogP contribution in [0.25, 0.3) is 10.8 Å². The summed E-state index contributed by atoms with van der Waals surface area (Å²) in [6.45, 7) is 5.76. The van der Waals surface area contributed by atoms with E-state index in [-0.39, 0.29) is 0 Å². The van der Waals surface area contributed by atoms with Crippen LogP contribution >= 0.6 is 0 Å². The Labute approximate surface area is 208 Å². The molecule has 0 aliphatic rings. The van der Waals surface area contributed by atoms with Gasteiger partial charge < -0.3 is 25.5 Å². The summed E-state index contributed by atoms with van der Waals surface area (Å²) in [5.74, 6) is 3.34. The van der Waals surface area contributed by atoms with Crippen LogP contribution in [0.5, 0.6) is 5.75 Å². The van der Waals surface area contributed by atoms with Crippen molar-refractivity contribution in [2.45, 2.75) is 33.5 Å². The number of nitrogens with two attached hydrogens (primary N) is 1. The molecule has 0 unspecified atom stereocenters. The van der Waals surface area contributed by atoms with Crippen molar-refractivity contribution in [3.63, 3.8) is 0 Å². The molecule has 0 aliphatic heterocycles. The Hall–Kier alpha value is -4.66. The monoisotopic (exact) mass is 481 g/mol. The Balaban J connectivity index is 1.19. The van der Waals surface area contributed by atoms with Crippen LogP contribution in [0.2, 0.25) is 0 Å². The molecule has 0 spiro atoms. The third-order valence-electron chi connectivity index (χ3n) is 6.07. The highest BCUT2D eigenvalue weighted by atomic mass is 16.5. The van der Waals surface area contributed by atoms with Gasteiger partial charge in [-0.2, -0.15) is 0 Å². The number of aromatic nitrogens is 4. The van der Waals surface area contributed by atoms with E-state index in [1.807, 2.05) is 36.4 Å². The number of nitrogens with zero attached hydrogens (tertiary/aromatic N) is 4. The maximum absolute atomic E-state index is 6.07. The van der Waals surface area contributed by atoms with Crippen LogP contribution in [0.15, 0.2) is 71.9 Å². The van der Waals surface area contributed by atoms with Crippen LogP contribution in [0.4, 0.5) is 17.5 Å². The number of nitrogens with one attached hydrogen (secondary N) is 2. The summed E-state index contributed by atoms with van der Waals surface area (Å²) < 4.78 is 10.9. The second-order valence-corrected chi connectivity index (χ2v) is 8.44. The third-order valence-corrected chi connectivity index (χ3v) is 6.07. The first-order valence-electron chi connectivity index (χ1n) is 11.6. The number of oxazole rings is 1. The minimum atomic E-state index is 0.296. The average Bonchev–Trinajstić information content (AvgIpc) is 3.42. The average molecular weight is 482 g/mol. The van der Waals surface area contributed by atoms with E-state index in [9.17, 15) is 0 Å². The normalized spacial score (nSPS) is 10.9. The molecule has 5 aromatic rings. The highest BCUT2D eigenvalue weighted by Gasteiger charge is 2.10. The molecule has 3 heterocycles. The van der Waals surface area contributed by atoms with Gasteiger partial charge in [0.1, 0.15) is 35.8 Å². The number of fused-ring (bicyclic) bond motifs is 1. The van der Waals surface area contributed by atoms with E-state index < -0.39 is 0 Å². The minimum Gasteiger partial charge on any atom is -0.484 e. The predicted molar refractivity (Wildman–Crippen MR) is 140 cm³/mol. The summed E-state index contributed by atoms with van der Waals surface area (Å²) in [6, 6.07) is 13.9. The van der Waals surface area contributed by atoms with Crippen molar-refractivity contribution in [2.75, 3.05) is 16.4 Å². The Kier molecular flexibility index (Phi) is 6.61. The van der Waals surface area contributed by atoms with Gasteiger partial charge in [0.25, 0.3) is 0 Å². The minimum absolute atomic E-state index is 0.296. The Bertz CT molecular complexity index is 1470. The molecule has 182 valence electrons. The molecule has 2 aromatic carbocycles.